The summed E-state index contributed by atoms with van der Waals surface area (Å²) in [5.74, 6) is 0.242. The van der Waals surface area contributed by atoms with Crippen LogP contribution < -0.4 is 15.5 Å². The number of aromatic nitrogens is 3. The minimum atomic E-state index is -0.637. The Morgan fingerprint density at radius 1 is 0.867 bits per heavy atom. The highest BCUT2D eigenvalue weighted by Gasteiger charge is 2.33. The summed E-state index contributed by atoms with van der Waals surface area (Å²) in [4.78, 5) is 38.2. The zero-order valence-electron chi connectivity index (χ0n) is 18.0. The Hall–Kier alpha value is -2.07. The van der Waals surface area contributed by atoms with Gasteiger partial charge in [-0.15, -0.1) is 0 Å². The van der Waals surface area contributed by atoms with Gasteiger partial charge < -0.3 is 25.0 Å². The zero-order chi connectivity index (χ0) is 22.7. The second kappa shape index (κ2) is 9.38. The number of hydrogen-bond donors (Lipinski definition) is 2. The van der Waals surface area contributed by atoms with Crippen LogP contribution in [0.5, 0.6) is 0 Å². The van der Waals surface area contributed by atoms with E-state index < -0.39 is 23.4 Å². The molecule has 2 heterocycles. The van der Waals surface area contributed by atoms with E-state index in [0.29, 0.717) is 19.5 Å². The van der Waals surface area contributed by atoms with Gasteiger partial charge >= 0.3 is 12.2 Å². The lowest BCUT2D eigenvalue weighted by Gasteiger charge is -2.38. The number of carbonyl (C=O) groups is 2. The lowest BCUT2D eigenvalue weighted by Crippen LogP contribution is -2.58. The highest BCUT2D eigenvalue weighted by molar-refractivity contribution is 6.31. The van der Waals surface area contributed by atoms with Crippen molar-refractivity contribution in [1.29, 1.82) is 0 Å². The Morgan fingerprint density at radius 2 is 1.27 bits per heavy atom. The van der Waals surface area contributed by atoms with Crippen molar-refractivity contribution < 1.29 is 19.1 Å². The summed E-state index contributed by atoms with van der Waals surface area (Å²) < 4.78 is 10.7. The fourth-order valence-corrected chi connectivity index (χ4v) is 3.23. The van der Waals surface area contributed by atoms with E-state index in [1.54, 1.807) is 46.4 Å². The molecule has 2 N–H and O–H groups in total. The lowest BCUT2D eigenvalue weighted by molar-refractivity contribution is 0.0476. The van der Waals surface area contributed by atoms with E-state index >= 15 is 0 Å². The predicted molar refractivity (Wildman–Crippen MR) is 113 cm³/mol. The molecular formula is C18H28Cl2N6O4. The first-order valence-corrected chi connectivity index (χ1v) is 10.3. The first kappa shape index (κ1) is 24.2. The largest absolute Gasteiger partial charge is 0.444 e. The maximum atomic E-state index is 12.2. The van der Waals surface area contributed by atoms with Crippen LogP contribution in [0.2, 0.25) is 10.6 Å². The van der Waals surface area contributed by atoms with E-state index in [9.17, 15) is 9.59 Å². The minimum absolute atomic E-state index is 0.0520. The van der Waals surface area contributed by atoms with Gasteiger partial charge in [0.15, 0.2) is 0 Å². The molecule has 2 unspecified atom stereocenters. The number of carbonyl (C=O) groups excluding carboxylic acids is 2. The fraction of sp³-hybridized carbons (Fsp3) is 0.722. The van der Waals surface area contributed by atoms with Crippen LogP contribution >= 0.6 is 23.2 Å². The summed E-state index contributed by atoms with van der Waals surface area (Å²) in [6.45, 7) is 11.4. The van der Waals surface area contributed by atoms with Gasteiger partial charge in [-0.3, -0.25) is 0 Å². The highest BCUT2D eigenvalue weighted by atomic mass is 35.5. The first-order chi connectivity index (χ1) is 13.7. The van der Waals surface area contributed by atoms with E-state index in [0.717, 1.165) is 0 Å². The number of anilines is 1. The molecule has 1 saturated heterocycles. The quantitative estimate of drug-likeness (QED) is 0.702. The molecule has 10 nitrogen and oxygen atoms in total. The first-order valence-electron chi connectivity index (χ1n) is 9.51. The summed E-state index contributed by atoms with van der Waals surface area (Å²) >= 11 is 11.8. The van der Waals surface area contributed by atoms with Crippen molar-refractivity contribution in [2.24, 2.45) is 0 Å². The van der Waals surface area contributed by atoms with Gasteiger partial charge in [0.25, 0.3) is 0 Å². The molecule has 30 heavy (non-hydrogen) atoms. The van der Waals surface area contributed by atoms with E-state index in [1.807, 2.05) is 0 Å². The van der Waals surface area contributed by atoms with E-state index in [1.165, 1.54) is 0 Å². The van der Waals surface area contributed by atoms with Crippen LogP contribution in [0.15, 0.2) is 0 Å². The molecule has 0 spiro atoms. The molecule has 2 rings (SSSR count). The van der Waals surface area contributed by atoms with Gasteiger partial charge in [-0.2, -0.15) is 15.0 Å². The van der Waals surface area contributed by atoms with Gasteiger partial charge in [0, 0.05) is 13.1 Å². The molecule has 12 heteroatoms. The monoisotopic (exact) mass is 462 g/mol. The summed E-state index contributed by atoms with van der Waals surface area (Å²) in [6.07, 6.45) is -0.657. The van der Waals surface area contributed by atoms with Gasteiger partial charge in [-0.05, 0) is 71.2 Å². The molecule has 1 fully saturated rings. The van der Waals surface area contributed by atoms with Crippen molar-refractivity contribution >= 4 is 41.3 Å². The predicted octanol–water partition coefficient (Wildman–Crippen LogP) is 3.18. The topological polar surface area (TPSA) is 119 Å². The van der Waals surface area contributed by atoms with Crippen LogP contribution in [0.4, 0.5) is 15.5 Å². The third-order valence-corrected chi connectivity index (χ3v) is 4.08. The summed E-state index contributed by atoms with van der Waals surface area (Å²) in [7, 11) is 0. The molecule has 0 bridgehead atoms. The number of nitrogens with one attached hydrogen (secondary N) is 2. The standard InChI is InChI=1S/C18H28Cl2N6O4/c1-17(2,3)29-15(27)21-10-7-11(22-16(28)30-18(4,5)6)9-26(8-10)14-24-12(19)23-13(20)25-14/h10-11H,7-9H2,1-6H3,(H,21,27)(H,22,28). The molecule has 0 radical (unpaired) electrons. The molecule has 168 valence electrons. The van der Waals surface area contributed by atoms with Gasteiger partial charge in [0.1, 0.15) is 11.2 Å². The summed E-state index contributed by atoms with van der Waals surface area (Å²) in [6, 6.07) is -0.717. The average Bonchev–Trinajstić information content (AvgIpc) is 2.49. The highest BCUT2D eigenvalue weighted by Crippen LogP contribution is 2.20. The Morgan fingerprint density at radius 3 is 1.63 bits per heavy atom. The molecule has 0 aromatic carbocycles. The van der Waals surface area contributed by atoms with Crippen molar-refractivity contribution in [1.82, 2.24) is 25.6 Å². The Balaban J connectivity index is 2.17. The van der Waals surface area contributed by atoms with Crippen molar-refractivity contribution in [3.05, 3.63) is 10.6 Å². The third-order valence-electron chi connectivity index (χ3n) is 3.74. The van der Waals surface area contributed by atoms with E-state index in [4.69, 9.17) is 32.7 Å². The van der Waals surface area contributed by atoms with Gasteiger partial charge in [0.2, 0.25) is 16.5 Å². The molecule has 1 aliphatic rings. The Kier molecular flexibility index (Phi) is 7.57. The van der Waals surface area contributed by atoms with Crippen LogP contribution in [0.1, 0.15) is 48.0 Å². The smallest absolute Gasteiger partial charge is 0.407 e. The number of halogens is 2. The average molecular weight is 463 g/mol. The summed E-state index contributed by atoms with van der Waals surface area (Å²) in [5.41, 5.74) is -1.27. The molecule has 0 saturated carbocycles. The van der Waals surface area contributed by atoms with Crippen LogP contribution in [0.3, 0.4) is 0 Å². The maximum absolute atomic E-state index is 12.2. The number of amides is 2. The Labute approximate surface area is 186 Å². The SMILES string of the molecule is CC(C)(C)OC(=O)NC1CC(NC(=O)OC(C)(C)C)CN(c2nc(Cl)nc(Cl)n2)C1. The number of nitrogens with zero attached hydrogens (tertiary/aromatic N) is 4. The van der Waals surface area contributed by atoms with Crippen molar-refractivity contribution in [2.75, 3.05) is 18.0 Å². The van der Waals surface area contributed by atoms with Crippen LogP contribution in [0.25, 0.3) is 0 Å². The van der Waals surface area contributed by atoms with Crippen LogP contribution in [-0.2, 0) is 9.47 Å². The fourth-order valence-electron chi connectivity index (χ4n) is 2.88. The van der Waals surface area contributed by atoms with Crippen molar-refractivity contribution in [3.63, 3.8) is 0 Å². The van der Waals surface area contributed by atoms with Gasteiger partial charge in [-0.1, -0.05) is 0 Å². The number of hydrogen-bond acceptors (Lipinski definition) is 8. The molecule has 1 aliphatic heterocycles. The van der Waals surface area contributed by atoms with E-state index in [2.05, 4.69) is 25.6 Å². The maximum Gasteiger partial charge on any atom is 0.407 e. The summed E-state index contributed by atoms with van der Waals surface area (Å²) in [5, 5.41) is 5.54. The molecule has 1 aromatic heterocycles. The second-order valence-electron chi connectivity index (χ2n) is 9.00. The van der Waals surface area contributed by atoms with Crippen LogP contribution in [0, 0.1) is 0 Å². The van der Waals surface area contributed by atoms with Crippen LogP contribution in [-0.4, -0.2) is 63.5 Å². The molecule has 2 atom stereocenters. The Bertz CT molecular complexity index is 723. The van der Waals surface area contributed by atoms with Gasteiger partial charge in [0.05, 0.1) is 12.1 Å². The number of alkyl carbamates (subject to hydrolysis) is 2. The zero-order valence-corrected chi connectivity index (χ0v) is 19.5. The van der Waals surface area contributed by atoms with Crippen molar-refractivity contribution in [3.8, 4) is 0 Å². The normalized spacial score (nSPS) is 19.8. The molecule has 0 aliphatic carbocycles. The van der Waals surface area contributed by atoms with E-state index in [-0.39, 0.29) is 28.6 Å². The third kappa shape index (κ3) is 8.35. The lowest BCUT2D eigenvalue weighted by atomic mass is 10.0. The number of ether oxygens (including phenoxy) is 2. The van der Waals surface area contributed by atoms with Gasteiger partial charge in [-0.25, -0.2) is 9.59 Å². The number of rotatable bonds is 3. The second-order valence-corrected chi connectivity index (χ2v) is 9.68. The minimum Gasteiger partial charge on any atom is -0.444 e. The van der Waals surface area contributed by atoms with Crippen molar-refractivity contribution in [2.45, 2.75) is 71.2 Å². The number of piperidine rings is 1. The molecular weight excluding hydrogens is 435 g/mol. The molecule has 1 aromatic rings. The molecule has 2 amide bonds.